The SMILES string of the molecule is CNC(C)CNC(=O)C1CCCCCCC1.Cl. The molecule has 0 radical (unpaired) electrons. The molecule has 0 spiro atoms. The molecule has 0 aromatic rings. The molecule has 0 aromatic carbocycles. The second-order valence-electron chi connectivity index (χ2n) is 4.98. The molecule has 4 heteroatoms. The normalized spacial score (nSPS) is 19.6. The summed E-state index contributed by atoms with van der Waals surface area (Å²) < 4.78 is 0. The largest absolute Gasteiger partial charge is 0.354 e. The van der Waals surface area contributed by atoms with Crippen LogP contribution in [-0.4, -0.2) is 25.5 Å². The molecule has 0 aliphatic heterocycles. The molecule has 1 aliphatic carbocycles. The predicted octanol–water partition coefficient (Wildman–Crippen LogP) is 2.49. The molecule has 102 valence electrons. The van der Waals surface area contributed by atoms with Crippen molar-refractivity contribution in [2.45, 2.75) is 57.9 Å². The van der Waals surface area contributed by atoms with Crippen LogP contribution in [0.3, 0.4) is 0 Å². The quantitative estimate of drug-likeness (QED) is 0.817. The summed E-state index contributed by atoms with van der Waals surface area (Å²) in [6, 6.07) is 0.359. The summed E-state index contributed by atoms with van der Waals surface area (Å²) in [6.45, 7) is 2.82. The molecule has 0 bridgehead atoms. The molecule has 1 rings (SSSR count). The van der Waals surface area contributed by atoms with Gasteiger partial charge < -0.3 is 10.6 Å². The Morgan fingerprint density at radius 3 is 2.24 bits per heavy atom. The van der Waals surface area contributed by atoms with Crippen LogP contribution < -0.4 is 10.6 Å². The predicted molar refractivity (Wildman–Crippen MR) is 74.6 cm³/mol. The van der Waals surface area contributed by atoms with Crippen LogP contribution in [0.1, 0.15) is 51.9 Å². The van der Waals surface area contributed by atoms with Gasteiger partial charge in [0.15, 0.2) is 0 Å². The fourth-order valence-corrected chi connectivity index (χ4v) is 2.22. The van der Waals surface area contributed by atoms with Crippen LogP contribution >= 0.6 is 12.4 Å². The van der Waals surface area contributed by atoms with Gasteiger partial charge in [-0.2, -0.15) is 0 Å². The molecule has 1 amide bonds. The van der Waals surface area contributed by atoms with Gasteiger partial charge >= 0.3 is 0 Å². The maximum absolute atomic E-state index is 11.9. The summed E-state index contributed by atoms with van der Waals surface area (Å²) in [6.07, 6.45) is 8.57. The van der Waals surface area contributed by atoms with Crippen molar-refractivity contribution in [1.29, 1.82) is 0 Å². The van der Waals surface area contributed by atoms with Gasteiger partial charge in [0.2, 0.25) is 5.91 Å². The lowest BCUT2D eigenvalue weighted by molar-refractivity contribution is -0.125. The van der Waals surface area contributed by atoms with E-state index in [-0.39, 0.29) is 24.2 Å². The van der Waals surface area contributed by atoms with E-state index in [4.69, 9.17) is 0 Å². The van der Waals surface area contributed by atoms with Crippen molar-refractivity contribution >= 4 is 18.3 Å². The van der Waals surface area contributed by atoms with Gasteiger partial charge in [-0.3, -0.25) is 4.79 Å². The highest BCUT2D eigenvalue weighted by molar-refractivity contribution is 5.85. The Labute approximate surface area is 112 Å². The highest BCUT2D eigenvalue weighted by Crippen LogP contribution is 2.22. The van der Waals surface area contributed by atoms with Crippen LogP contribution in [0.4, 0.5) is 0 Å². The number of carbonyl (C=O) groups excluding carboxylic acids is 1. The van der Waals surface area contributed by atoms with Gasteiger partial charge in [0, 0.05) is 18.5 Å². The van der Waals surface area contributed by atoms with E-state index in [1.165, 1.54) is 32.1 Å². The molecule has 1 fully saturated rings. The Bertz CT molecular complexity index is 204. The molecule has 1 unspecified atom stereocenters. The van der Waals surface area contributed by atoms with E-state index in [0.29, 0.717) is 6.04 Å². The van der Waals surface area contributed by atoms with E-state index in [9.17, 15) is 4.79 Å². The van der Waals surface area contributed by atoms with Crippen LogP contribution in [0.2, 0.25) is 0 Å². The van der Waals surface area contributed by atoms with E-state index in [0.717, 1.165) is 19.4 Å². The second-order valence-corrected chi connectivity index (χ2v) is 4.98. The average molecular weight is 263 g/mol. The summed E-state index contributed by atoms with van der Waals surface area (Å²) in [5, 5.41) is 6.18. The lowest BCUT2D eigenvalue weighted by Gasteiger charge is -2.20. The van der Waals surface area contributed by atoms with E-state index in [1.807, 2.05) is 7.05 Å². The molecule has 1 atom stereocenters. The first-order chi connectivity index (χ1) is 7.74. The minimum atomic E-state index is 0. The number of halogens is 1. The Kier molecular flexibility index (Phi) is 9.56. The molecule has 17 heavy (non-hydrogen) atoms. The maximum atomic E-state index is 11.9. The van der Waals surface area contributed by atoms with E-state index < -0.39 is 0 Å². The summed E-state index contributed by atoms with van der Waals surface area (Å²) >= 11 is 0. The summed E-state index contributed by atoms with van der Waals surface area (Å²) in [5.74, 6) is 0.536. The van der Waals surface area contributed by atoms with Crippen molar-refractivity contribution in [3.05, 3.63) is 0 Å². The van der Waals surface area contributed by atoms with Gasteiger partial charge in [0.1, 0.15) is 0 Å². The van der Waals surface area contributed by atoms with E-state index in [1.54, 1.807) is 0 Å². The molecule has 3 nitrogen and oxygen atoms in total. The fraction of sp³-hybridized carbons (Fsp3) is 0.923. The van der Waals surface area contributed by atoms with Crippen LogP contribution in [0.25, 0.3) is 0 Å². The van der Waals surface area contributed by atoms with Gasteiger partial charge in [0.25, 0.3) is 0 Å². The zero-order valence-corrected chi connectivity index (χ0v) is 11.9. The molecule has 1 saturated carbocycles. The van der Waals surface area contributed by atoms with Gasteiger partial charge in [0.05, 0.1) is 0 Å². The Morgan fingerprint density at radius 1 is 1.18 bits per heavy atom. The first kappa shape index (κ1) is 16.7. The first-order valence-corrected chi connectivity index (χ1v) is 6.69. The van der Waals surface area contributed by atoms with Gasteiger partial charge in [-0.15, -0.1) is 12.4 Å². The number of nitrogens with one attached hydrogen (secondary N) is 2. The number of likely N-dealkylation sites (N-methyl/N-ethyl adjacent to an activating group) is 1. The Hall–Kier alpha value is -0.280. The van der Waals surface area contributed by atoms with Crippen molar-refractivity contribution in [1.82, 2.24) is 10.6 Å². The third kappa shape index (κ3) is 6.89. The third-order valence-corrected chi connectivity index (χ3v) is 3.55. The standard InChI is InChI=1S/C13H26N2O.ClH/c1-11(14-2)10-15-13(16)12-8-6-4-3-5-7-9-12;/h11-12,14H,3-10H2,1-2H3,(H,15,16);1H. The number of carbonyl (C=O) groups is 1. The maximum Gasteiger partial charge on any atom is 0.223 e. The third-order valence-electron chi connectivity index (χ3n) is 3.55. The summed E-state index contributed by atoms with van der Waals surface area (Å²) in [4.78, 5) is 11.9. The Balaban J connectivity index is 0.00000256. The van der Waals surface area contributed by atoms with Crippen molar-refractivity contribution in [2.75, 3.05) is 13.6 Å². The van der Waals surface area contributed by atoms with Gasteiger partial charge in [-0.25, -0.2) is 0 Å². The number of hydrogen-bond acceptors (Lipinski definition) is 2. The highest BCUT2D eigenvalue weighted by Gasteiger charge is 2.19. The summed E-state index contributed by atoms with van der Waals surface area (Å²) in [5.41, 5.74) is 0. The molecule has 1 aliphatic rings. The van der Waals surface area contributed by atoms with Crippen LogP contribution in [0, 0.1) is 5.92 Å². The topological polar surface area (TPSA) is 41.1 Å². The molecule has 0 saturated heterocycles. The monoisotopic (exact) mass is 262 g/mol. The van der Waals surface area contributed by atoms with Crippen molar-refractivity contribution in [3.63, 3.8) is 0 Å². The number of rotatable bonds is 4. The fourth-order valence-electron chi connectivity index (χ4n) is 2.22. The zero-order valence-electron chi connectivity index (χ0n) is 11.1. The van der Waals surface area contributed by atoms with Crippen molar-refractivity contribution in [3.8, 4) is 0 Å². The van der Waals surface area contributed by atoms with Crippen LogP contribution in [0.15, 0.2) is 0 Å². The first-order valence-electron chi connectivity index (χ1n) is 6.69. The second kappa shape index (κ2) is 9.72. The minimum absolute atomic E-state index is 0. The molecular weight excluding hydrogens is 236 g/mol. The number of hydrogen-bond donors (Lipinski definition) is 2. The van der Waals surface area contributed by atoms with Crippen LogP contribution in [0.5, 0.6) is 0 Å². The lowest BCUT2D eigenvalue weighted by Crippen LogP contribution is -2.40. The van der Waals surface area contributed by atoms with E-state index >= 15 is 0 Å². The lowest BCUT2D eigenvalue weighted by atomic mass is 9.90. The van der Waals surface area contributed by atoms with Crippen molar-refractivity contribution < 1.29 is 4.79 Å². The van der Waals surface area contributed by atoms with Crippen molar-refractivity contribution in [2.24, 2.45) is 5.92 Å². The molecule has 0 aromatic heterocycles. The zero-order chi connectivity index (χ0) is 11.8. The van der Waals surface area contributed by atoms with Gasteiger partial charge in [-0.05, 0) is 26.8 Å². The van der Waals surface area contributed by atoms with Gasteiger partial charge in [-0.1, -0.05) is 32.1 Å². The minimum Gasteiger partial charge on any atom is -0.354 e. The molecule has 2 N–H and O–H groups in total. The Morgan fingerprint density at radius 2 is 1.71 bits per heavy atom. The smallest absolute Gasteiger partial charge is 0.223 e. The molecular formula is C13H27ClN2O. The van der Waals surface area contributed by atoms with Crippen LogP contribution in [-0.2, 0) is 4.79 Å². The molecule has 0 heterocycles. The highest BCUT2D eigenvalue weighted by atomic mass is 35.5. The summed E-state index contributed by atoms with van der Waals surface area (Å²) in [7, 11) is 1.92. The number of amides is 1. The average Bonchev–Trinajstić information content (AvgIpc) is 2.25. The van der Waals surface area contributed by atoms with E-state index in [2.05, 4.69) is 17.6 Å².